The van der Waals surface area contributed by atoms with E-state index >= 15 is 0 Å². The van der Waals surface area contributed by atoms with Crippen LogP contribution in [0.2, 0.25) is 0 Å². The first-order valence-corrected chi connectivity index (χ1v) is 4.55. The second-order valence-electron chi connectivity index (χ2n) is 2.21. The molecule has 0 atom stereocenters. The van der Waals surface area contributed by atoms with E-state index in [1.165, 1.54) is 0 Å². The molecule has 0 saturated carbocycles. The van der Waals surface area contributed by atoms with Crippen LogP contribution < -0.4 is 5.32 Å². The smallest absolute Gasteiger partial charge is 0.270 e. The van der Waals surface area contributed by atoms with Crippen LogP contribution in [0.25, 0.3) is 0 Å². The van der Waals surface area contributed by atoms with E-state index in [1.807, 2.05) is 18.2 Å². The summed E-state index contributed by atoms with van der Waals surface area (Å²) in [5.41, 5.74) is 0.702. The Bertz CT molecular complexity index is 339. The number of carbonyl (C=O) groups excluding carboxylic acids is 1. The predicted molar refractivity (Wildman–Crippen MR) is 58.1 cm³/mol. The Kier molecular flexibility index (Phi) is 3.69. The lowest BCUT2D eigenvalue weighted by molar-refractivity contribution is -0.110. The summed E-state index contributed by atoms with van der Waals surface area (Å²) in [5.74, 6) is -0.452. The summed E-state index contributed by atoms with van der Waals surface area (Å²) in [5, 5.41) is 13.3. The highest BCUT2D eigenvalue weighted by Gasteiger charge is 2.01. The van der Waals surface area contributed by atoms with Gasteiger partial charge in [0.05, 0.1) is 5.69 Å². The topological polar surface area (TPSA) is 61.7 Å². The quantitative estimate of drug-likeness (QED) is 0.377. The first-order valence-electron chi connectivity index (χ1n) is 3.47. The van der Waals surface area contributed by atoms with E-state index in [9.17, 15) is 4.79 Å². The van der Waals surface area contributed by atoms with Gasteiger partial charge in [0.25, 0.3) is 5.91 Å². The second kappa shape index (κ2) is 4.80. The van der Waals surface area contributed by atoms with Gasteiger partial charge >= 0.3 is 0 Å². The average Bonchev–Trinajstić information content (AvgIpc) is 2.09. The molecule has 0 saturated heterocycles. The highest BCUT2D eigenvalue weighted by atomic mass is 127. The van der Waals surface area contributed by atoms with Crippen LogP contribution in [0.1, 0.15) is 0 Å². The normalized spacial score (nSPS) is 10.2. The molecule has 0 spiro atoms. The first kappa shape index (κ1) is 9.97. The molecule has 0 aliphatic heterocycles. The molecule has 0 heterocycles. The third-order valence-electron chi connectivity index (χ3n) is 1.31. The third-order valence-corrected chi connectivity index (χ3v) is 2.25. The van der Waals surface area contributed by atoms with Crippen molar-refractivity contribution in [2.24, 2.45) is 5.16 Å². The van der Waals surface area contributed by atoms with E-state index in [2.05, 4.69) is 33.1 Å². The summed E-state index contributed by atoms with van der Waals surface area (Å²) >= 11 is 2.10. The van der Waals surface area contributed by atoms with Gasteiger partial charge in [0.15, 0.2) is 0 Å². The van der Waals surface area contributed by atoms with Crippen LogP contribution in [0, 0.1) is 3.57 Å². The zero-order valence-electron chi connectivity index (χ0n) is 6.57. The molecule has 68 valence electrons. The van der Waals surface area contributed by atoms with Gasteiger partial charge in [0.1, 0.15) is 6.21 Å². The van der Waals surface area contributed by atoms with Crippen molar-refractivity contribution in [1.82, 2.24) is 0 Å². The van der Waals surface area contributed by atoms with Crippen molar-refractivity contribution >= 4 is 40.4 Å². The zero-order valence-corrected chi connectivity index (χ0v) is 8.72. The Morgan fingerprint density at radius 3 is 2.85 bits per heavy atom. The monoisotopic (exact) mass is 290 g/mol. The number of para-hydroxylation sites is 1. The third kappa shape index (κ3) is 3.02. The maximum absolute atomic E-state index is 10.9. The van der Waals surface area contributed by atoms with E-state index in [0.29, 0.717) is 5.69 Å². The fraction of sp³-hybridized carbons (Fsp3) is 0. The predicted octanol–water partition coefficient (Wildman–Crippen LogP) is 1.69. The number of nitrogens with zero attached hydrogens (tertiary/aromatic N) is 1. The number of hydrogen-bond acceptors (Lipinski definition) is 3. The van der Waals surface area contributed by atoms with Crippen LogP contribution in [0.4, 0.5) is 5.69 Å². The molecule has 0 fully saturated rings. The van der Waals surface area contributed by atoms with E-state index in [-0.39, 0.29) is 0 Å². The van der Waals surface area contributed by atoms with Gasteiger partial charge in [-0.25, -0.2) is 0 Å². The number of hydrogen-bond donors (Lipinski definition) is 2. The Balaban J connectivity index is 2.74. The largest absolute Gasteiger partial charge is 0.411 e. The van der Waals surface area contributed by atoms with Gasteiger partial charge < -0.3 is 10.5 Å². The van der Waals surface area contributed by atoms with Crippen LogP contribution in [0.5, 0.6) is 0 Å². The van der Waals surface area contributed by atoms with E-state index in [4.69, 9.17) is 5.21 Å². The van der Waals surface area contributed by atoms with Crippen molar-refractivity contribution in [3.63, 3.8) is 0 Å². The summed E-state index contributed by atoms with van der Waals surface area (Å²) in [4.78, 5) is 10.9. The molecule has 0 aromatic heterocycles. The van der Waals surface area contributed by atoms with Crippen LogP contribution in [-0.4, -0.2) is 17.3 Å². The van der Waals surface area contributed by atoms with Crippen molar-refractivity contribution in [1.29, 1.82) is 0 Å². The molecule has 0 aliphatic rings. The van der Waals surface area contributed by atoms with Gasteiger partial charge in [0, 0.05) is 3.57 Å². The van der Waals surface area contributed by atoms with Gasteiger partial charge in [0.2, 0.25) is 0 Å². The minimum atomic E-state index is -0.452. The Hall–Kier alpha value is -1.11. The molecule has 4 nitrogen and oxygen atoms in total. The van der Waals surface area contributed by atoms with Crippen molar-refractivity contribution in [2.45, 2.75) is 0 Å². The summed E-state index contributed by atoms with van der Waals surface area (Å²) < 4.78 is 0.930. The Morgan fingerprint density at radius 2 is 2.23 bits per heavy atom. The van der Waals surface area contributed by atoms with Crippen LogP contribution in [0.15, 0.2) is 29.4 Å². The van der Waals surface area contributed by atoms with Crippen LogP contribution in [-0.2, 0) is 4.79 Å². The summed E-state index contributed by atoms with van der Waals surface area (Å²) in [6, 6.07) is 7.32. The van der Waals surface area contributed by atoms with Crippen molar-refractivity contribution in [3.05, 3.63) is 27.8 Å². The SMILES string of the molecule is O=C(/C=N\O)Nc1ccccc1I. The minimum absolute atomic E-state index is 0.452. The van der Waals surface area contributed by atoms with E-state index < -0.39 is 5.91 Å². The first-order chi connectivity index (χ1) is 6.24. The summed E-state index contributed by atoms with van der Waals surface area (Å²) in [6.07, 6.45) is 0.809. The molecule has 1 aromatic carbocycles. The van der Waals surface area contributed by atoms with Crippen LogP contribution in [0.3, 0.4) is 0 Å². The van der Waals surface area contributed by atoms with E-state index in [1.54, 1.807) is 6.07 Å². The lowest BCUT2D eigenvalue weighted by Gasteiger charge is -2.02. The maximum atomic E-state index is 10.9. The second-order valence-corrected chi connectivity index (χ2v) is 3.38. The van der Waals surface area contributed by atoms with E-state index in [0.717, 1.165) is 9.78 Å². The highest BCUT2D eigenvalue weighted by Crippen LogP contribution is 2.16. The molecule has 0 unspecified atom stereocenters. The van der Waals surface area contributed by atoms with Gasteiger partial charge in [-0.1, -0.05) is 17.3 Å². The summed E-state index contributed by atoms with van der Waals surface area (Å²) in [6.45, 7) is 0. The Labute approximate surface area is 88.8 Å². The fourth-order valence-electron chi connectivity index (χ4n) is 0.780. The molecule has 2 N–H and O–H groups in total. The standard InChI is InChI=1S/C8H7IN2O2/c9-6-3-1-2-4-7(6)11-8(12)5-10-13/h1-5,13H,(H,11,12)/b10-5-. The fourth-order valence-corrected chi connectivity index (χ4v) is 1.30. The molecule has 0 bridgehead atoms. The Morgan fingerprint density at radius 1 is 1.54 bits per heavy atom. The molecule has 0 radical (unpaired) electrons. The number of nitrogens with one attached hydrogen (secondary N) is 1. The molecular formula is C8H7IN2O2. The number of anilines is 1. The van der Waals surface area contributed by atoms with Gasteiger partial charge in [-0.05, 0) is 34.7 Å². The highest BCUT2D eigenvalue weighted by molar-refractivity contribution is 14.1. The molecule has 1 rings (SSSR count). The molecule has 0 aliphatic carbocycles. The number of benzene rings is 1. The zero-order chi connectivity index (χ0) is 9.68. The van der Waals surface area contributed by atoms with Gasteiger partial charge in [-0.3, -0.25) is 4.79 Å². The van der Waals surface area contributed by atoms with Gasteiger partial charge in [-0.2, -0.15) is 0 Å². The lowest BCUT2D eigenvalue weighted by atomic mass is 10.3. The molecule has 1 aromatic rings. The molecule has 13 heavy (non-hydrogen) atoms. The molecule has 1 amide bonds. The van der Waals surface area contributed by atoms with Gasteiger partial charge in [-0.15, -0.1) is 0 Å². The van der Waals surface area contributed by atoms with Crippen LogP contribution >= 0.6 is 22.6 Å². The van der Waals surface area contributed by atoms with Crippen molar-refractivity contribution < 1.29 is 10.0 Å². The number of carbonyl (C=O) groups is 1. The minimum Gasteiger partial charge on any atom is -0.411 e. The summed E-state index contributed by atoms with van der Waals surface area (Å²) in [7, 11) is 0. The number of halogens is 1. The molecular weight excluding hydrogens is 283 g/mol. The molecule has 5 heteroatoms. The number of amides is 1. The lowest BCUT2D eigenvalue weighted by Crippen LogP contribution is -2.13. The van der Waals surface area contributed by atoms with Crippen molar-refractivity contribution in [2.75, 3.05) is 5.32 Å². The maximum Gasteiger partial charge on any atom is 0.270 e. The van der Waals surface area contributed by atoms with Crippen molar-refractivity contribution in [3.8, 4) is 0 Å². The average molecular weight is 290 g/mol. The number of oxime groups is 1. The number of rotatable bonds is 2.